The van der Waals surface area contributed by atoms with Crippen molar-refractivity contribution in [2.45, 2.75) is 33.7 Å². The van der Waals surface area contributed by atoms with Gasteiger partial charge in [0.2, 0.25) is 0 Å². The lowest BCUT2D eigenvalue weighted by Gasteiger charge is -2.01. The third-order valence-corrected chi connectivity index (χ3v) is 1.04. The van der Waals surface area contributed by atoms with E-state index in [0.717, 1.165) is 0 Å². The Kier molecular flexibility index (Phi) is 9.69. The third kappa shape index (κ3) is 7.63. The maximum atomic E-state index is 10.3. The highest BCUT2D eigenvalue weighted by molar-refractivity contribution is 5.80. The number of nitrogens with one attached hydrogen (secondary N) is 1. The number of carbonyl (C=O) groups excluding carboxylic acids is 1. The van der Waals surface area contributed by atoms with Crippen LogP contribution in [0.5, 0.6) is 0 Å². The van der Waals surface area contributed by atoms with Crippen molar-refractivity contribution in [3.05, 3.63) is 0 Å². The molecule has 0 aliphatic rings. The fourth-order valence-electron chi connectivity index (χ4n) is 0.203. The standard InChI is InChI=1S/C5H11NO.C2H6.H2/c1-4(6-3)5(2)7;1-2;/h4,6H,1-3H3;1-2H3;1H/t4-;;/m1../s1. The molecule has 2 nitrogen and oxygen atoms in total. The summed E-state index contributed by atoms with van der Waals surface area (Å²) in [5.74, 6) is 0.183. The Morgan fingerprint density at radius 3 is 1.89 bits per heavy atom. The average molecular weight is 133 g/mol. The summed E-state index contributed by atoms with van der Waals surface area (Å²) in [7, 11) is 1.77. The molecule has 0 saturated heterocycles. The Balaban J connectivity index is -0.000000149. The molecule has 0 aromatic heterocycles. The highest BCUT2D eigenvalue weighted by Gasteiger charge is 2.00. The van der Waals surface area contributed by atoms with Crippen LogP contribution >= 0.6 is 0 Å². The lowest BCUT2D eigenvalue weighted by molar-refractivity contribution is -0.118. The number of likely N-dealkylation sites (N-methyl/N-ethyl adjacent to an activating group) is 1. The van der Waals surface area contributed by atoms with Crippen LogP contribution in [-0.4, -0.2) is 18.9 Å². The second kappa shape index (κ2) is 7.63. The van der Waals surface area contributed by atoms with Crippen molar-refractivity contribution in [2.75, 3.05) is 7.05 Å². The van der Waals surface area contributed by atoms with E-state index in [1.54, 1.807) is 14.0 Å². The summed E-state index contributed by atoms with van der Waals surface area (Å²) in [4.78, 5) is 10.3. The molecule has 0 bridgehead atoms. The number of Topliss-reactive ketones (excluding diaryl/α,β-unsaturated/α-hetero) is 1. The smallest absolute Gasteiger partial charge is 0.146 e. The van der Waals surface area contributed by atoms with Gasteiger partial charge in [-0.3, -0.25) is 4.79 Å². The van der Waals surface area contributed by atoms with Gasteiger partial charge in [-0.1, -0.05) is 13.8 Å². The molecule has 2 heteroatoms. The summed E-state index contributed by atoms with van der Waals surface area (Å²) >= 11 is 0. The number of ketones is 1. The number of carbonyl (C=O) groups is 1. The fourth-order valence-corrected chi connectivity index (χ4v) is 0.203. The van der Waals surface area contributed by atoms with E-state index in [9.17, 15) is 4.79 Å². The van der Waals surface area contributed by atoms with Crippen molar-refractivity contribution >= 4 is 5.78 Å². The minimum absolute atomic E-state index is 0. The third-order valence-electron chi connectivity index (χ3n) is 1.04. The summed E-state index contributed by atoms with van der Waals surface area (Å²) in [5, 5.41) is 2.81. The minimum Gasteiger partial charge on any atom is -0.311 e. The molecule has 0 heterocycles. The molecular formula is C7H19NO. The van der Waals surface area contributed by atoms with E-state index >= 15 is 0 Å². The molecule has 9 heavy (non-hydrogen) atoms. The number of rotatable bonds is 2. The molecule has 58 valence electrons. The first-order chi connectivity index (χ1) is 4.18. The van der Waals surface area contributed by atoms with Gasteiger partial charge in [0.25, 0.3) is 0 Å². The normalized spacial score (nSPS) is 11.2. The van der Waals surface area contributed by atoms with Crippen molar-refractivity contribution in [3.8, 4) is 0 Å². The minimum atomic E-state index is 0. The van der Waals surface area contributed by atoms with Crippen molar-refractivity contribution in [2.24, 2.45) is 0 Å². The second-order valence-corrected chi connectivity index (χ2v) is 1.62. The van der Waals surface area contributed by atoms with Gasteiger partial charge in [-0.15, -0.1) is 0 Å². The van der Waals surface area contributed by atoms with Gasteiger partial charge in [0.1, 0.15) is 5.78 Å². The predicted octanol–water partition coefficient (Wildman–Crippen LogP) is 1.46. The molecule has 1 atom stereocenters. The predicted molar refractivity (Wildman–Crippen MR) is 42.7 cm³/mol. The van der Waals surface area contributed by atoms with E-state index in [1.165, 1.54) is 0 Å². The van der Waals surface area contributed by atoms with Crippen molar-refractivity contribution < 1.29 is 6.22 Å². The van der Waals surface area contributed by atoms with Gasteiger partial charge in [-0.2, -0.15) is 0 Å². The molecule has 0 saturated carbocycles. The molecule has 0 spiro atoms. The lowest BCUT2D eigenvalue weighted by Crippen LogP contribution is -2.28. The Morgan fingerprint density at radius 1 is 1.56 bits per heavy atom. The van der Waals surface area contributed by atoms with Crippen LogP contribution in [-0.2, 0) is 4.79 Å². The Bertz CT molecular complexity index is 76.0. The summed E-state index contributed by atoms with van der Waals surface area (Å²) in [5.41, 5.74) is 0. The summed E-state index contributed by atoms with van der Waals surface area (Å²) in [6.45, 7) is 7.41. The Hall–Kier alpha value is -0.370. The van der Waals surface area contributed by atoms with Crippen LogP contribution in [0, 0.1) is 0 Å². The zero-order valence-electron chi connectivity index (χ0n) is 6.99. The van der Waals surface area contributed by atoms with E-state index in [-0.39, 0.29) is 13.3 Å². The van der Waals surface area contributed by atoms with Crippen molar-refractivity contribution in [1.29, 1.82) is 0 Å². The van der Waals surface area contributed by atoms with Gasteiger partial charge in [0, 0.05) is 1.43 Å². The summed E-state index contributed by atoms with van der Waals surface area (Å²) in [6.07, 6.45) is 0. The summed E-state index contributed by atoms with van der Waals surface area (Å²) in [6, 6.07) is 0.0139. The zero-order chi connectivity index (χ0) is 7.86. The summed E-state index contributed by atoms with van der Waals surface area (Å²) < 4.78 is 0. The van der Waals surface area contributed by atoms with E-state index in [4.69, 9.17) is 0 Å². The largest absolute Gasteiger partial charge is 0.311 e. The van der Waals surface area contributed by atoms with Crippen LogP contribution in [0.25, 0.3) is 0 Å². The van der Waals surface area contributed by atoms with E-state index < -0.39 is 0 Å². The van der Waals surface area contributed by atoms with Crippen LogP contribution < -0.4 is 5.32 Å². The highest BCUT2D eigenvalue weighted by atomic mass is 16.1. The van der Waals surface area contributed by atoms with Gasteiger partial charge < -0.3 is 5.32 Å². The molecule has 0 aromatic rings. The first-order valence-electron chi connectivity index (χ1n) is 3.36. The van der Waals surface area contributed by atoms with Crippen LogP contribution in [0.15, 0.2) is 0 Å². The Morgan fingerprint density at radius 2 is 1.89 bits per heavy atom. The molecule has 0 fully saturated rings. The lowest BCUT2D eigenvalue weighted by atomic mass is 10.2. The Labute approximate surface area is 59.1 Å². The van der Waals surface area contributed by atoms with Crippen molar-refractivity contribution in [3.63, 3.8) is 0 Å². The molecule has 0 rings (SSSR count). The van der Waals surface area contributed by atoms with Gasteiger partial charge >= 0.3 is 0 Å². The first kappa shape index (κ1) is 11.4. The SMILES string of the molecule is CC.CN[C@H](C)C(C)=O.[HH]. The van der Waals surface area contributed by atoms with Crippen LogP contribution in [0.2, 0.25) is 0 Å². The maximum Gasteiger partial charge on any atom is 0.146 e. The van der Waals surface area contributed by atoms with Gasteiger partial charge in [0.15, 0.2) is 0 Å². The van der Waals surface area contributed by atoms with Crippen LogP contribution in [0.3, 0.4) is 0 Å². The van der Waals surface area contributed by atoms with E-state index in [2.05, 4.69) is 5.32 Å². The highest BCUT2D eigenvalue weighted by Crippen LogP contribution is 1.77. The first-order valence-corrected chi connectivity index (χ1v) is 3.36. The monoisotopic (exact) mass is 133 g/mol. The van der Waals surface area contributed by atoms with E-state index in [0.29, 0.717) is 0 Å². The molecule has 0 unspecified atom stereocenters. The second-order valence-electron chi connectivity index (χ2n) is 1.62. The number of hydrogen-bond acceptors (Lipinski definition) is 2. The molecule has 0 amide bonds. The topological polar surface area (TPSA) is 29.1 Å². The van der Waals surface area contributed by atoms with Gasteiger partial charge in [-0.25, -0.2) is 0 Å². The van der Waals surface area contributed by atoms with Gasteiger partial charge in [0.05, 0.1) is 6.04 Å². The average Bonchev–Trinajstić information content (AvgIpc) is 1.91. The molecule has 1 N–H and O–H groups in total. The van der Waals surface area contributed by atoms with Crippen LogP contribution in [0.1, 0.15) is 29.1 Å². The van der Waals surface area contributed by atoms with Crippen LogP contribution in [0.4, 0.5) is 0 Å². The van der Waals surface area contributed by atoms with Gasteiger partial charge in [-0.05, 0) is 20.9 Å². The zero-order valence-corrected chi connectivity index (χ0v) is 6.99. The molecule has 0 aliphatic carbocycles. The van der Waals surface area contributed by atoms with Crippen molar-refractivity contribution in [1.82, 2.24) is 5.32 Å². The molecular weight excluding hydrogens is 114 g/mol. The number of hydrogen-bond donors (Lipinski definition) is 1. The van der Waals surface area contributed by atoms with E-state index in [1.807, 2.05) is 20.8 Å². The maximum absolute atomic E-state index is 10.3. The molecule has 0 aromatic carbocycles. The fraction of sp³-hybridized carbons (Fsp3) is 0.857. The molecule has 0 radical (unpaired) electrons. The molecule has 0 aliphatic heterocycles. The quantitative estimate of drug-likeness (QED) is 0.618.